The molecular formula is C12H19ClN2O2S. The second kappa shape index (κ2) is 6.41. The average Bonchev–Trinajstić information content (AvgIpc) is 2.27. The van der Waals surface area contributed by atoms with Crippen molar-refractivity contribution in [1.82, 2.24) is 4.72 Å². The molecule has 0 aliphatic rings. The molecule has 1 rings (SSSR count). The Balaban J connectivity index is 3.06. The number of nitrogens with two attached hydrogens (primary N) is 1. The lowest BCUT2D eigenvalue weighted by molar-refractivity contribution is 0.513. The molecular weight excluding hydrogens is 272 g/mol. The Morgan fingerprint density at radius 1 is 1.39 bits per heavy atom. The quantitative estimate of drug-likeness (QED) is 0.791. The van der Waals surface area contributed by atoms with E-state index in [-0.39, 0.29) is 21.6 Å². The molecule has 1 aromatic carbocycles. The summed E-state index contributed by atoms with van der Waals surface area (Å²) in [6.45, 7) is 3.96. The fraction of sp³-hybridized carbons (Fsp3) is 0.500. The zero-order valence-electron chi connectivity index (χ0n) is 10.6. The fourth-order valence-corrected chi connectivity index (χ4v) is 3.81. The molecule has 0 saturated heterocycles. The van der Waals surface area contributed by atoms with E-state index in [2.05, 4.69) is 4.72 Å². The molecule has 0 saturated carbocycles. The number of hydrogen-bond acceptors (Lipinski definition) is 3. The van der Waals surface area contributed by atoms with Gasteiger partial charge in [0.25, 0.3) is 0 Å². The Kier molecular flexibility index (Phi) is 5.44. The van der Waals surface area contributed by atoms with E-state index in [1.54, 1.807) is 6.07 Å². The van der Waals surface area contributed by atoms with Gasteiger partial charge in [-0.05, 0) is 25.0 Å². The highest BCUT2D eigenvalue weighted by molar-refractivity contribution is 7.89. The molecule has 0 aromatic heterocycles. The summed E-state index contributed by atoms with van der Waals surface area (Å²) in [6.07, 6.45) is 2.44. The monoisotopic (exact) mass is 290 g/mol. The molecule has 0 radical (unpaired) electrons. The van der Waals surface area contributed by atoms with Crippen molar-refractivity contribution >= 4 is 27.3 Å². The van der Waals surface area contributed by atoms with Gasteiger partial charge in [-0.2, -0.15) is 0 Å². The molecule has 0 bridgehead atoms. The summed E-state index contributed by atoms with van der Waals surface area (Å²) in [6, 6.07) is 4.59. The summed E-state index contributed by atoms with van der Waals surface area (Å²) in [5.74, 6) is 0. The van der Waals surface area contributed by atoms with Crippen molar-refractivity contribution in [2.45, 2.75) is 44.0 Å². The van der Waals surface area contributed by atoms with Crippen molar-refractivity contribution in [2.75, 3.05) is 5.73 Å². The van der Waals surface area contributed by atoms with Crippen LogP contribution in [0.1, 0.15) is 33.1 Å². The molecule has 0 aliphatic carbocycles. The molecule has 0 fully saturated rings. The van der Waals surface area contributed by atoms with E-state index in [9.17, 15) is 8.42 Å². The van der Waals surface area contributed by atoms with Gasteiger partial charge in [-0.15, -0.1) is 0 Å². The smallest absolute Gasteiger partial charge is 0.244 e. The highest BCUT2D eigenvalue weighted by atomic mass is 35.5. The minimum absolute atomic E-state index is 0.0266. The standard InChI is InChI=1S/C12H19ClN2O2S/c1-3-6-9(4-2)15-18(16,17)12-10(13)7-5-8-11(12)14/h5,7-9,15H,3-4,6,14H2,1-2H3. The molecule has 0 aliphatic heterocycles. The van der Waals surface area contributed by atoms with Crippen molar-refractivity contribution in [2.24, 2.45) is 0 Å². The van der Waals surface area contributed by atoms with E-state index < -0.39 is 10.0 Å². The maximum absolute atomic E-state index is 12.2. The van der Waals surface area contributed by atoms with E-state index in [4.69, 9.17) is 17.3 Å². The number of benzene rings is 1. The molecule has 1 atom stereocenters. The number of hydrogen-bond donors (Lipinski definition) is 2. The van der Waals surface area contributed by atoms with Crippen LogP contribution in [0.2, 0.25) is 5.02 Å². The van der Waals surface area contributed by atoms with Crippen LogP contribution in [0.4, 0.5) is 5.69 Å². The molecule has 0 amide bonds. The first kappa shape index (κ1) is 15.3. The number of halogens is 1. The zero-order valence-corrected chi connectivity index (χ0v) is 12.2. The number of sulfonamides is 1. The highest BCUT2D eigenvalue weighted by Gasteiger charge is 2.23. The molecule has 0 spiro atoms. The van der Waals surface area contributed by atoms with E-state index in [0.29, 0.717) is 0 Å². The van der Waals surface area contributed by atoms with E-state index >= 15 is 0 Å². The van der Waals surface area contributed by atoms with Gasteiger partial charge in [0.2, 0.25) is 10.0 Å². The third-order valence-electron chi connectivity index (χ3n) is 2.72. The van der Waals surface area contributed by atoms with Gasteiger partial charge in [-0.1, -0.05) is 37.9 Å². The van der Waals surface area contributed by atoms with Crippen LogP contribution in [0.15, 0.2) is 23.1 Å². The number of nitrogen functional groups attached to an aromatic ring is 1. The SMILES string of the molecule is CCCC(CC)NS(=O)(=O)c1c(N)cccc1Cl. The Labute approximate surface area is 114 Å². The van der Waals surface area contributed by atoms with E-state index in [1.807, 2.05) is 13.8 Å². The molecule has 4 nitrogen and oxygen atoms in total. The molecule has 18 heavy (non-hydrogen) atoms. The predicted molar refractivity (Wildman–Crippen MR) is 75.2 cm³/mol. The average molecular weight is 291 g/mol. The Morgan fingerprint density at radius 2 is 2.06 bits per heavy atom. The molecule has 3 N–H and O–H groups in total. The topological polar surface area (TPSA) is 72.2 Å². The molecule has 102 valence electrons. The van der Waals surface area contributed by atoms with Crippen LogP contribution in [-0.2, 0) is 10.0 Å². The lowest BCUT2D eigenvalue weighted by Gasteiger charge is -2.17. The number of anilines is 1. The van der Waals surface area contributed by atoms with Gasteiger partial charge in [-0.3, -0.25) is 0 Å². The first-order chi connectivity index (χ1) is 8.42. The molecule has 6 heteroatoms. The van der Waals surface area contributed by atoms with Gasteiger partial charge in [0.05, 0.1) is 10.7 Å². The van der Waals surface area contributed by atoms with Crippen molar-refractivity contribution in [3.05, 3.63) is 23.2 Å². The second-order valence-electron chi connectivity index (χ2n) is 4.17. The van der Waals surface area contributed by atoms with Crippen molar-refractivity contribution in [3.63, 3.8) is 0 Å². The van der Waals surface area contributed by atoms with Gasteiger partial charge >= 0.3 is 0 Å². The van der Waals surface area contributed by atoms with Crippen LogP contribution in [0, 0.1) is 0 Å². The number of rotatable bonds is 6. The fourth-order valence-electron chi connectivity index (χ4n) is 1.78. The normalized spacial score (nSPS) is 13.5. The van der Waals surface area contributed by atoms with Gasteiger partial charge in [0.15, 0.2) is 0 Å². The van der Waals surface area contributed by atoms with Crippen LogP contribution >= 0.6 is 11.6 Å². The first-order valence-corrected chi connectivity index (χ1v) is 7.84. The van der Waals surface area contributed by atoms with Crippen molar-refractivity contribution < 1.29 is 8.42 Å². The number of nitrogens with one attached hydrogen (secondary N) is 1. The zero-order chi connectivity index (χ0) is 13.8. The van der Waals surface area contributed by atoms with Crippen LogP contribution in [0.5, 0.6) is 0 Å². The van der Waals surface area contributed by atoms with Gasteiger partial charge < -0.3 is 5.73 Å². The van der Waals surface area contributed by atoms with Crippen molar-refractivity contribution in [1.29, 1.82) is 0 Å². The highest BCUT2D eigenvalue weighted by Crippen LogP contribution is 2.27. The lowest BCUT2D eigenvalue weighted by atomic mass is 10.1. The molecule has 1 aromatic rings. The maximum atomic E-state index is 12.2. The largest absolute Gasteiger partial charge is 0.398 e. The predicted octanol–water partition coefficient (Wildman–Crippen LogP) is 2.78. The van der Waals surface area contributed by atoms with Crippen molar-refractivity contribution in [3.8, 4) is 0 Å². The molecule has 1 unspecified atom stereocenters. The minimum atomic E-state index is -3.66. The van der Waals surface area contributed by atoms with E-state index in [0.717, 1.165) is 19.3 Å². The Bertz CT molecular complexity index is 483. The summed E-state index contributed by atoms with van der Waals surface area (Å²) < 4.78 is 27.1. The third kappa shape index (κ3) is 3.60. The second-order valence-corrected chi connectivity index (χ2v) is 6.23. The van der Waals surface area contributed by atoms with E-state index in [1.165, 1.54) is 12.1 Å². The van der Waals surface area contributed by atoms with Crippen LogP contribution in [0.3, 0.4) is 0 Å². The van der Waals surface area contributed by atoms with Gasteiger partial charge in [-0.25, -0.2) is 13.1 Å². The third-order valence-corrected chi connectivity index (χ3v) is 4.78. The van der Waals surface area contributed by atoms with Crippen LogP contribution in [0.25, 0.3) is 0 Å². The summed E-state index contributed by atoms with van der Waals surface area (Å²) in [7, 11) is -3.66. The lowest BCUT2D eigenvalue weighted by Crippen LogP contribution is -2.34. The van der Waals surface area contributed by atoms with Crippen LogP contribution in [-0.4, -0.2) is 14.5 Å². The summed E-state index contributed by atoms with van der Waals surface area (Å²) in [4.78, 5) is -0.0266. The molecule has 0 heterocycles. The van der Waals surface area contributed by atoms with Gasteiger partial charge in [0, 0.05) is 6.04 Å². The minimum Gasteiger partial charge on any atom is -0.398 e. The Hall–Kier alpha value is -0.780. The Morgan fingerprint density at radius 3 is 2.56 bits per heavy atom. The van der Waals surface area contributed by atoms with Crippen LogP contribution < -0.4 is 10.5 Å². The maximum Gasteiger partial charge on any atom is 0.244 e. The first-order valence-electron chi connectivity index (χ1n) is 5.98. The summed E-state index contributed by atoms with van der Waals surface area (Å²) in [5.41, 5.74) is 5.86. The summed E-state index contributed by atoms with van der Waals surface area (Å²) >= 11 is 5.92. The summed E-state index contributed by atoms with van der Waals surface area (Å²) in [5, 5.41) is 0.147. The van der Waals surface area contributed by atoms with Gasteiger partial charge in [0.1, 0.15) is 4.90 Å².